The van der Waals surface area contributed by atoms with Crippen LogP contribution in [-0.4, -0.2) is 23.5 Å². The van der Waals surface area contributed by atoms with Crippen LogP contribution in [0.5, 0.6) is 0 Å². The van der Waals surface area contributed by atoms with Crippen molar-refractivity contribution in [1.82, 2.24) is 4.98 Å². The van der Waals surface area contributed by atoms with Crippen LogP contribution in [0.4, 0.5) is 11.4 Å². The van der Waals surface area contributed by atoms with Crippen molar-refractivity contribution in [3.05, 3.63) is 54.4 Å². The maximum absolute atomic E-state index is 12.8. The fourth-order valence-electron chi connectivity index (χ4n) is 2.59. The molecule has 4 heteroatoms. The van der Waals surface area contributed by atoms with Crippen LogP contribution in [0.15, 0.2) is 48.8 Å². The predicted molar refractivity (Wildman–Crippen MR) is 84.6 cm³/mol. The van der Waals surface area contributed by atoms with E-state index in [-0.39, 0.29) is 11.9 Å². The third kappa shape index (κ3) is 2.61. The number of aromatic nitrogens is 1. The minimum absolute atomic E-state index is 0.0250. The van der Waals surface area contributed by atoms with Crippen LogP contribution >= 0.6 is 0 Å². The average Bonchev–Trinajstić information content (AvgIpc) is 2.54. The zero-order valence-electron chi connectivity index (χ0n) is 12.3. The molecule has 2 heterocycles. The van der Waals surface area contributed by atoms with E-state index in [0.717, 1.165) is 11.4 Å². The number of hydrogen-bond donors (Lipinski definition) is 1. The molecule has 0 saturated carbocycles. The predicted octanol–water partition coefficient (Wildman–Crippen LogP) is 3.18. The second-order valence-corrected chi connectivity index (χ2v) is 5.66. The summed E-state index contributed by atoms with van der Waals surface area (Å²) in [5.74, 6) is 0.475. The Morgan fingerprint density at radius 2 is 1.95 bits per heavy atom. The summed E-state index contributed by atoms with van der Waals surface area (Å²) in [7, 11) is 0. The second-order valence-electron chi connectivity index (χ2n) is 5.66. The molecule has 4 nitrogen and oxygen atoms in total. The highest BCUT2D eigenvalue weighted by Crippen LogP contribution is 2.33. The maximum Gasteiger partial charge on any atom is 0.258 e. The second kappa shape index (κ2) is 5.56. The molecule has 21 heavy (non-hydrogen) atoms. The highest BCUT2D eigenvalue weighted by Gasteiger charge is 2.29. The van der Waals surface area contributed by atoms with Gasteiger partial charge in [-0.05, 0) is 30.2 Å². The van der Waals surface area contributed by atoms with Gasteiger partial charge in [0, 0.05) is 30.5 Å². The number of amides is 1. The van der Waals surface area contributed by atoms with Crippen LogP contribution in [0, 0.1) is 5.92 Å². The first kappa shape index (κ1) is 13.6. The molecule has 108 valence electrons. The van der Waals surface area contributed by atoms with Gasteiger partial charge in [-0.3, -0.25) is 9.78 Å². The smallest absolute Gasteiger partial charge is 0.258 e. The number of nitrogens with one attached hydrogen (secondary N) is 1. The zero-order valence-corrected chi connectivity index (χ0v) is 12.3. The molecule has 1 aliphatic heterocycles. The van der Waals surface area contributed by atoms with Crippen molar-refractivity contribution in [2.75, 3.05) is 16.8 Å². The monoisotopic (exact) mass is 281 g/mol. The molecular weight excluding hydrogens is 262 g/mol. The van der Waals surface area contributed by atoms with Crippen molar-refractivity contribution in [2.24, 2.45) is 5.92 Å². The quantitative estimate of drug-likeness (QED) is 0.919. The van der Waals surface area contributed by atoms with Crippen LogP contribution in [0.3, 0.4) is 0 Å². The highest BCUT2D eigenvalue weighted by atomic mass is 16.2. The number of para-hydroxylation sites is 2. The number of carbonyl (C=O) groups is 1. The lowest BCUT2D eigenvalue weighted by molar-refractivity contribution is 0.0983. The number of nitrogens with zero attached hydrogens (tertiary/aromatic N) is 2. The topological polar surface area (TPSA) is 45.2 Å². The summed E-state index contributed by atoms with van der Waals surface area (Å²) in [6.45, 7) is 5.01. The Morgan fingerprint density at radius 1 is 1.24 bits per heavy atom. The Bertz CT molecular complexity index is 639. The molecule has 1 aromatic carbocycles. The fourth-order valence-corrected chi connectivity index (χ4v) is 2.59. The Hall–Kier alpha value is -2.36. The minimum Gasteiger partial charge on any atom is -0.379 e. The number of benzene rings is 1. The van der Waals surface area contributed by atoms with Gasteiger partial charge < -0.3 is 10.2 Å². The van der Waals surface area contributed by atoms with Gasteiger partial charge in [-0.15, -0.1) is 0 Å². The van der Waals surface area contributed by atoms with Gasteiger partial charge >= 0.3 is 0 Å². The molecule has 0 saturated heterocycles. The van der Waals surface area contributed by atoms with Gasteiger partial charge in [-0.1, -0.05) is 26.0 Å². The summed E-state index contributed by atoms with van der Waals surface area (Å²) >= 11 is 0. The van der Waals surface area contributed by atoms with Gasteiger partial charge in [0.2, 0.25) is 0 Å². The molecule has 0 spiro atoms. The van der Waals surface area contributed by atoms with Crippen molar-refractivity contribution in [2.45, 2.75) is 19.9 Å². The number of fused-ring (bicyclic) bond motifs is 1. The van der Waals surface area contributed by atoms with E-state index in [1.54, 1.807) is 24.5 Å². The van der Waals surface area contributed by atoms with Crippen molar-refractivity contribution in [3.8, 4) is 0 Å². The zero-order chi connectivity index (χ0) is 14.8. The molecule has 2 aromatic rings. The molecular formula is C17H19N3O. The fraction of sp³-hybridized carbons (Fsp3) is 0.294. The highest BCUT2D eigenvalue weighted by molar-refractivity contribution is 6.08. The van der Waals surface area contributed by atoms with Gasteiger partial charge in [-0.2, -0.15) is 0 Å². The number of rotatable bonds is 2. The van der Waals surface area contributed by atoms with E-state index >= 15 is 0 Å². The summed E-state index contributed by atoms with van der Waals surface area (Å²) < 4.78 is 0. The third-order valence-corrected chi connectivity index (χ3v) is 3.89. The summed E-state index contributed by atoms with van der Waals surface area (Å²) in [6.07, 6.45) is 3.31. The Labute approximate surface area is 124 Å². The van der Waals surface area contributed by atoms with E-state index in [0.29, 0.717) is 18.0 Å². The maximum atomic E-state index is 12.8. The summed E-state index contributed by atoms with van der Waals surface area (Å²) in [5.41, 5.74) is 2.63. The first-order chi connectivity index (χ1) is 10.2. The molecule has 0 bridgehead atoms. The Balaban J connectivity index is 1.99. The molecule has 1 atom stereocenters. The van der Waals surface area contributed by atoms with E-state index < -0.39 is 0 Å². The standard InChI is InChI=1S/C17H19N3O/c1-12(2)15-11-20(16-6-4-3-5-14(16)19-15)17(21)13-7-9-18-10-8-13/h3-10,12,15,19H,11H2,1-2H3/t15-/m0/s1. The van der Waals surface area contributed by atoms with E-state index in [9.17, 15) is 4.79 Å². The first-order valence-corrected chi connectivity index (χ1v) is 7.24. The lowest BCUT2D eigenvalue weighted by Crippen LogP contribution is -2.47. The van der Waals surface area contributed by atoms with E-state index in [1.807, 2.05) is 29.2 Å². The van der Waals surface area contributed by atoms with Crippen LogP contribution in [0.1, 0.15) is 24.2 Å². The number of pyridine rings is 1. The molecule has 0 radical (unpaired) electrons. The van der Waals surface area contributed by atoms with Crippen LogP contribution < -0.4 is 10.2 Å². The largest absolute Gasteiger partial charge is 0.379 e. The van der Waals surface area contributed by atoms with E-state index in [4.69, 9.17) is 0 Å². The van der Waals surface area contributed by atoms with Crippen LogP contribution in [-0.2, 0) is 0 Å². The average molecular weight is 281 g/mol. The van der Waals surface area contributed by atoms with Gasteiger partial charge in [0.15, 0.2) is 0 Å². The number of carbonyl (C=O) groups excluding carboxylic acids is 1. The SMILES string of the molecule is CC(C)[C@@H]1CN(C(=O)c2ccncc2)c2ccccc2N1. The third-order valence-electron chi connectivity index (χ3n) is 3.89. The molecule has 1 aliphatic rings. The lowest BCUT2D eigenvalue weighted by Gasteiger charge is -2.37. The molecule has 1 amide bonds. The van der Waals surface area contributed by atoms with Gasteiger partial charge in [0.25, 0.3) is 5.91 Å². The molecule has 0 aliphatic carbocycles. The molecule has 0 unspecified atom stereocenters. The summed E-state index contributed by atoms with van der Waals surface area (Å²) in [4.78, 5) is 18.6. The van der Waals surface area contributed by atoms with Gasteiger partial charge in [0.1, 0.15) is 0 Å². The molecule has 3 rings (SSSR count). The van der Waals surface area contributed by atoms with Gasteiger partial charge in [-0.25, -0.2) is 0 Å². The van der Waals surface area contributed by atoms with Crippen LogP contribution in [0.2, 0.25) is 0 Å². The van der Waals surface area contributed by atoms with Crippen molar-refractivity contribution < 1.29 is 4.79 Å². The molecule has 0 fully saturated rings. The van der Waals surface area contributed by atoms with E-state index in [1.165, 1.54) is 0 Å². The van der Waals surface area contributed by atoms with Crippen molar-refractivity contribution in [1.29, 1.82) is 0 Å². The number of anilines is 2. The molecule has 1 aromatic heterocycles. The van der Waals surface area contributed by atoms with Crippen molar-refractivity contribution in [3.63, 3.8) is 0 Å². The van der Waals surface area contributed by atoms with Gasteiger partial charge in [0.05, 0.1) is 11.4 Å². The van der Waals surface area contributed by atoms with E-state index in [2.05, 4.69) is 24.1 Å². The normalized spacial score (nSPS) is 17.3. The Kier molecular flexibility index (Phi) is 3.60. The van der Waals surface area contributed by atoms with Crippen LogP contribution in [0.25, 0.3) is 0 Å². The summed E-state index contributed by atoms with van der Waals surface area (Å²) in [6, 6.07) is 11.7. The number of hydrogen-bond acceptors (Lipinski definition) is 3. The molecule has 1 N–H and O–H groups in total. The lowest BCUT2D eigenvalue weighted by atomic mass is 9.99. The van der Waals surface area contributed by atoms with Crippen molar-refractivity contribution >= 4 is 17.3 Å². The Morgan fingerprint density at radius 3 is 2.67 bits per heavy atom. The summed E-state index contributed by atoms with van der Waals surface area (Å²) in [5, 5.41) is 3.53. The first-order valence-electron chi connectivity index (χ1n) is 7.24. The minimum atomic E-state index is 0.0250.